The highest BCUT2D eigenvalue weighted by Crippen LogP contribution is 2.23. The molecule has 0 aliphatic rings. The van der Waals surface area contributed by atoms with Gasteiger partial charge in [0.2, 0.25) is 0 Å². The molecule has 4 heteroatoms. The molecule has 0 saturated carbocycles. The minimum absolute atomic E-state index is 0.364. The Hall–Kier alpha value is -1.71. The van der Waals surface area contributed by atoms with Crippen LogP contribution in [0.5, 0.6) is 0 Å². The Morgan fingerprint density at radius 2 is 1.89 bits per heavy atom. The van der Waals surface area contributed by atoms with Gasteiger partial charge in [0.05, 0.1) is 5.56 Å². The van der Waals surface area contributed by atoms with E-state index in [9.17, 15) is 4.79 Å². The zero-order valence-electron chi connectivity index (χ0n) is 12.3. The van der Waals surface area contributed by atoms with Crippen molar-refractivity contribution >= 4 is 17.3 Å². The molecule has 1 aromatic carbocycles. The number of rotatable bonds is 6. The standard InChI is InChI=1S/C15H25N3O/c1-10(2)7-8-18(11(3)4)12-5-6-14(16)13(9-12)15(17)19/h5-6,9-11H,7-8,16H2,1-4H3,(H2,17,19). The Kier molecular flexibility index (Phi) is 5.21. The second-order valence-electron chi connectivity index (χ2n) is 5.61. The zero-order chi connectivity index (χ0) is 14.6. The third kappa shape index (κ3) is 4.16. The van der Waals surface area contributed by atoms with Crippen LogP contribution in [-0.4, -0.2) is 18.5 Å². The molecule has 0 aliphatic heterocycles. The van der Waals surface area contributed by atoms with E-state index in [4.69, 9.17) is 11.5 Å². The molecule has 0 bridgehead atoms. The van der Waals surface area contributed by atoms with E-state index in [2.05, 4.69) is 32.6 Å². The number of benzene rings is 1. The summed E-state index contributed by atoms with van der Waals surface area (Å²) in [5.41, 5.74) is 12.9. The number of hydrogen-bond donors (Lipinski definition) is 2. The summed E-state index contributed by atoms with van der Waals surface area (Å²) < 4.78 is 0. The molecule has 106 valence electrons. The van der Waals surface area contributed by atoms with Crippen LogP contribution in [0.15, 0.2) is 18.2 Å². The monoisotopic (exact) mass is 263 g/mol. The van der Waals surface area contributed by atoms with Crippen molar-refractivity contribution in [3.05, 3.63) is 23.8 Å². The van der Waals surface area contributed by atoms with Gasteiger partial charge in [-0.15, -0.1) is 0 Å². The molecule has 4 nitrogen and oxygen atoms in total. The van der Waals surface area contributed by atoms with Crippen LogP contribution in [0, 0.1) is 5.92 Å². The maximum absolute atomic E-state index is 11.4. The predicted octanol–water partition coefficient (Wildman–Crippen LogP) is 2.63. The molecule has 0 aliphatic carbocycles. The van der Waals surface area contributed by atoms with Crippen LogP contribution < -0.4 is 16.4 Å². The summed E-state index contributed by atoms with van der Waals surface area (Å²) in [7, 11) is 0. The van der Waals surface area contributed by atoms with Gasteiger partial charge in [0.25, 0.3) is 5.91 Å². The third-order valence-corrected chi connectivity index (χ3v) is 3.20. The minimum Gasteiger partial charge on any atom is -0.398 e. The number of primary amides is 1. The van der Waals surface area contributed by atoms with Gasteiger partial charge < -0.3 is 16.4 Å². The van der Waals surface area contributed by atoms with Crippen molar-refractivity contribution in [3.8, 4) is 0 Å². The van der Waals surface area contributed by atoms with Crippen LogP contribution in [-0.2, 0) is 0 Å². The minimum atomic E-state index is -0.480. The van der Waals surface area contributed by atoms with Crippen molar-refractivity contribution in [1.29, 1.82) is 0 Å². The fourth-order valence-electron chi connectivity index (χ4n) is 2.02. The van der Waals surface area contributed by atoms with E-state index >= 15 is 0 Å². The summed E-state index contributed by atoms with van der Waals surface area (Å²) in [5.74, 6) is 0.164. The highest BCUT2D eigenvalue weighted by molar-refractivity contribution is 5.99. The van der Waals surface area contributed by atoms with Crippen molar-refractivity contribution in [3.63, 3.8) is 0 Å². The number of amides is 1. The number of nitrogen functional groups attached to an aromatic ring is 1. The second-order valence-corrected chi connectivity index (χ2v) is 5.61. The SMILES string of the molecule is CC(C)CCN(c1ccc(N)c(C(N)=O)c1)C(C)C. The van der Waals surface area contributed by atoms with Gasteiger partial charge in [-0.1, -0.05) is 13.8 Å². The van der Waals surface area contributed by atoms with E-state index in [-0.39, 0.29) is 0 Å². The van der Waals surface area contributed by atoms with E-state index in [1.54, 1.807) is 12.1 Å². The van der Waals surface area contributed by atoms with Crippen LogP contribution in [0.3, 0.4) is 0 Å². The fourth-order valence-corrected chi connectivity index (χ4v) is 2.02. The molecule has 19 heavy (non-hydrogen) atoms. The summed E-state index contributed by atoms with van der Waals surface area (Å²) in [6, 6.07) is 5.85. The lowest BCUT2D eigenvalue weighted by atomic mass is 10.1. The number of anilines is 2. The lowest BCUT2D eigenvalue weighted by molar-refractivity contribution is 0.100. The largest absolute Gasteiger partial charge is 0.398 e. The molecule has 0 fully saturated rings. The van der Waals surface area contributed by atoms with Crippen LogP contribution in [0.25, 0.3) is 0 Å². The Bertz CT molecular complexity index is 441. The van der Waals surface area contributed by atoms with Crippen LogP contribution in [0.1, 0.15) is 44.5 Å². The lowest BCUT2D eigenvalue weighted by Crippen LogP contribution is -2.32. The maximum Gasteiger partial charge on any atom is 0.250 e. The van der Waals surface area contributed by atoms with Gasteiger partial charge in [0.15, 0.2) is 0 Å². The molecule has 0 heterocycles. The first-order valence-electron chi connectivity index (χ1n) is 6.79. The molecule has 0 aromatic heterocycles. The Morgan fingerprint density at radius 3 is 2.37 bits per heavy atom. The fraction of sp³-hybridized carbons (Fsp3) is 0.533. The van der Waals surface area contributed by atoms with Crippen molar-refractivity contribution in [2.75, 3.05) is 17.2 Å². The van der Waals surface area contributed by atoms with E-state index in [1.165, 1.54) is 0 Å². The van der Waals surface area contributed by atoms with Crippen LogP contribution in [0.2, 0.25) is 0 Å². The quantitative estimate of drug-likeness (QED) is 0.775. The van der Waals surface area contributed by atoms with E-state index in [0.29, 0.717) is 23.2 Å². The molecule has 1 amide bonds. The van der Waals surface area contributed by atoms with Gasteiger partial charge in [-0.2, -0.15) is 0 Å². The van der Waals surface area contributed by atoms with Crippen molar-refractivity contribution in [2.24, 2.45) is 11.7 Å². The first kappa shape index (κ1) is 15.3. The number of nitrogens with zero attached hydrogens (tertiary/aromatic N) is 1. The second kappa shape index (κ2) is 6.45. The molecule has 1 rings (SSSR count). The van der Waals surface area contributed by atoms with E-state index < -0.39 is 5.91 Å². The maximum atomic E-state index is 11.4. The summed E-state index contributed by atoms with van der Waals surface area (Å²) in [6.07, 6.45) is 1.11. The Morgan fingerprint density at radius 1 is 1.26 bits per heavy atom. The average Bonchev–Trinajstić information content (AvgIpc) is 2.30. The average molecular weight is 263 g/mol. The Labute approximate surface area is 115 Å². The van der Waals surface area contributed by atoms with Gasteiger partial charge in [-0.25, -0.2) is 0 Å². The molecular formula is C15H25N3O. The predicted molar refractivity (Wildman–Crippen MR) is 81.3 cm³/mol. The van der Waals surface area contributed by atoms with Crippen LogP contribution in [0.4, 0.5) is 11.4 Å². The highest BCUT2D eigenvalue weighted by Gasteiger charge is 2.14. The van der Waals surface area contributed by atoms with Gasteiger partial charge in [-0.05, 0) is 44.4 Å². The molecule has 0 saturated heterocycles. The number of nitrogens with two attached hydrogens (primary N) is 2. The normalized spacial score (nSPS) is 11.1. The molecule has 4 N–H and O–H groups in total. The molecular weight excluding hydrogens is 238 g/mol. The summed E-state index contributed by atoms with van der Waals surface area (Å²) in [6.45, 7) is 9.64. The molecule has 0 unspecified atom stereocenters. The molecule has 0 atom stereocenters. The molecule has 1 aromatic rings. The van der Waals surface area contributed by atoms with Crippen LogP contribution >= 0.6 is 0 Å². The van der Waals surface area contributed by atoms with Gasteiger partial charge in [0.1, 0.15) is 0 Å². The van der Waals surface area contributed by atoms with Gasteiger partial charge in [-0.3, -0.25) is 4.79 Å². The third-order valence-electron chi connectivity index (χ3n) is 3.20. The molecule has 0 spiro atoms. The van der Waals surface area contributed by atoms with Gasteiger partial charge in [0, 0.05) is 24.0 Å². The van der Waals surface area contributed by atoms with Crippen molar-refractivity contribution in [1.82, 2.24) is 0 Å². The summed E-state index contributed by atoms with van der Waals surface area (Å²) in [4.78, 5) is 13.6. The number of carbonyl (C=O) groups excluding carboxylic acids is 1. The van der Waals surface area contributed by atoms with Crippen molar-refractivity contribution in [2.45, 2.75) is 40.2 Å². The highest BCUT2D eigenvalue weighted by atomic mass is 16.1. The molecule has 0 radical (unpaired) electrons. The van der Waals surface area contributed by atoms with E-state index in [1.807, 2.05) is 6.07 Å². The van der Waals surface area contributed by atoms with Crippen molar-refractivity contribution < 1.29 is 4.79 Å². The topological polar surface area (TPSA) is 72.3 Å². The zero-order valence-corrected chi connectivity index (χ0v) is 12.3. The lowest BCUT2D eigenvalue weighted by Gasteiger charge is -2.30. The van der Waals surface area contributed by atoms with E-state index in [0.717, 1.165) is 18.7 Å². The summed E-state index contributed by atoms with van der Waals surface area (Å²) in [5, 5.41) is 0. The van der Waals surface area contributed by atoms with Gasteiger partial charge >= 0.3 is 0 Å². The summed E-state index contributed by atoms with van der Waals surface area (Å²) >= 11 is 0. The number of carbonyl (C=O) groups is 1. The number of hydrogen-bond acceptors (Lipinski definition) is 3. The first-order valence-corrected chi connectivity index (χ1v) is 6.79. The smallest absolute Gasteiger partial charge is 0.250 e. The Balaban J connectivity index is 3.02. The first-order chi connectivity index (χ1) is 8.82.